The maximum atomic E-state index is 13.7. The number of aryl methyl sites for hydroxylation is 1. The number of rotatable bonds is 3. The molecule has 0 unspecified atom stereocenters. The number of aromatic nitrogens is 2. The van der Waals surface area contributed by atoms with Crippen LogP contribution < -0.4 is 10.9 Å². The maximum Gasteiger partial charge on any atom is 0.275 e. The minimum Gasteiger partial charge on any atom is -0.322 e. The van der Waals surface area contributed by atoms with Gasteiger partial charge in [0.25, 0.3) is 5.56 Å². The van der Waals surface area contributed by atoms with Crippen molar-refractivity contribution in [1.82, 2.24) is 9.78 Å². The van der Waals surface area contributed by atoms with Crippen LogP contribution in [0.3, 0.4) is 0 Å². The first-order valence-electron chi connectivity index (χ1n) is 7.05. The highest BCUT2D eigenvalue weighted by Gasteiger charge is 2.11. The first kappa shape index (κ1) is 14.9. The van der Waals surface area contributed by atoms with Crippen molar-refractivity contribution in [2.24, 2.45) is 0 Å². The van der Waals surface area contributed by atoms with Crippen LogP contribution >= 0.6 is 0 Å². The third-order valence-corrected chi connectivity index (χ3v) is 3.45. The number of nitrogens with one attached hydrogen (secondary N) is 1. The Morgan fingerprint density at radius 2 is 2.04 bits per heavy atom. The third kappa shape index (κ3) is 3.11. The summed E-state index contributed by atoms with van der Waals surface area (Å²) in [5.74, 6) is -1.04. The summed E-state index contributed by atoms with van der Waals surface area (Å²) in [5, 5.41) is 7.63. The highest BCUT2D eigenvalue weighted by atomic mass is 19.1. The Bertz CT molecular complexity index is 950. The molecule has 3 rings (SSSR count). The second-order valence-electron chi connectivity index (χ2n) is 5.23. The molecule has 0 aliphatic rings. The largest absolute Gasteiger partial charge is 0.322 e. The molecule has 6 heteroatoms. The van der Waals surface area contributed by atoms with Gasteiger partial charge in [-0.05, 0) is 30.7 Å². The number of halogens is 1. The van der Waals surface area contributed by atoms with Gasteiger partial charge < -0.3 is 5.32 Å². The topological polar surface area (TPSA) is 64.0 Å². The lowest BCUT2D eigenvalue weighted by molar-refractivity contribution is -0.117. The average Bonchev–Trinajstić information content (AvgIpc) is 2.54. The van der Waals surface area contributed by atoms with Gasteiger partial charge in [0.2, 0.25) is 5.91 Å². The summed E-state index contributed by atoms with van der Waals surface area (Å²) < 4.78 is 14.7. The number of hydrogen-bond acceptors (Lipinski definition) is 3. The first-order chi connectivity index (χ1) is 11.0. The molecule has 0 radical (unpaired) electrons. The average molecular weight is 311 g/mol. The van der Waals surface area contributed by atoms with Crippen molar-refractivity contribution in [3.63, 3.8) is 0 Å². The van der Waals surface area contributed by atoms with Crippen molar-refractivity contribution in [2.45, 2.75) is 13.5 Å². The molecule has 5 nitrogen and oxygen atoms in total. The van der Waals surface area contributed by atoms with Gasteiger partial charge in [0.05, 0.1) is 17.3 Å². The van der Waals surface area contributed by atoms with Crippen LogP contribution in [0.25, 0.3) is 10.8 Å². The summed E-state index contributed by atoms with van der Waals surface area (Å²) in [5.41, 5.74) is 0.550. The number of amides is 1. The van der Waals surface area contributed by atoms with E-state index in [1.54, 1.807) is 37.3 Å². The smallest absolute Gasteiger partial charge is 0.275 e. The van der Waals surface area contributed by atoms with Crippen LogP contribution in [0.15, 0.2) is 53.5 Å². The van der Waals surface area contributed by atoms with E-state index in [2.05, 4.69) is 10.4 Å². The molecule has 1 amide bonds. The number of carbonyl (C=O) groups excluding carboxylic acids is 1. The van der Waals surface area contributed by atoms with Crippen LogP contribution in [0.4, 0.5) is 10.1 Å². The lowest BCUT2D eigenvalue weighted by atomic mass is 10.2. The Morgan fingerprint density at radius 3 is 2.87 bits per heavy atom. The Balaban J connectivity index is 1.84. The first-order valence-corrected chi connectivity index (χ1v) is 7.05. The highest BCUT2D eigenvalue weighted by molar-refractivity contribution is 5.91. The zero-order valence-corrected chi connectivity index (χ0v) is 12.4. The van der Waals surface area contributed by atoms with E-state index in [9.17, 15) is 14.0 Å². The molecule has 23 heavy (non-hydrogen) atoms. The number of nitrogens with zero attached hydrogens (tertiary/aromatic N) is 2. The van der Waals surface area contributed by atoms with E-state index < -0.39 is 11.7 Å². The van der Waals surface area contributed by atoms with Gasteiger partial charge in [0, 0.05) is 5.39 Å². The molecule has 2 aromatic carbocycles. The summed E-state index contributed by atoms with van der Waals surface area (Å²) >= 11 is 0. The molecule has 0 fully saturated rings. The van der Waals surface area contributed by atoms with Crippen molar-refractivity contribution in [2.75, 3.05) is 5.32 Å². The van der Waals surface area contributed by atoms with Crippen LogP contribution in [-0.2, 0) is 11.3 Å². The van der Waals surface area contributed by atoms with E-state index in [0.717, 1.165) is 10.2 Å². The molecule has 0 saturated carbocycles. The molecular formula is C17H14FN3O2. The zero-order chi connectivity index (χ0) is 16.4. The number of carbonyl (C=O) groups is 1. The summed E-state index contributed by atoms with van der Waals surface area (Å²) in [4.78, 5) is 24.3. The molecule has 1 heterocycles. The number of fused-ring (bicyclic) bond motifs is 1. The van der Waals surface area contributed by atoms with E-state index in [0.29, 0.717) is 10.8 Å². The van der Waals surface area contributed by atoms with E-state index in [1.807, 2.05) is 0 Å². The fourth-order valence-corrected chi connectivity index (χ4v) is 2.30. The van der Waals surface area contributed by atoms with Gasteiger partial charge >= 0.3 is 0 Å². The summed E-state index contributed by atoms with van der Waals surface area (Å²) in [6, 6.07) is 11.4. The van der Waals surface area contributed by atoms with Crippen molar-refractivity contribution in [3.8, 4) is 0 Å². The van der Waals surface area contributed by atoms with Gasteiger partial charge in [0.15, 0.2) is 0 Å². The summed E-state index contributed by atoms with van der Waals surface area (Å²) in [6.45, 7) is 1.52. The minimum absolute atomic E-state index is 0.0869. The molecule has 0 aliphatic heterocycles. The molecule has 0 bridgehead atoms. The fourth-order valence-electron chi connectivity index (χ4n) is 2.30. The van der Waals surface area contributed by atoms with Crippen LogP contribution in [0.5, 0.6) is 0 Å². The Hall–Kier alpha value is -3.02. The number of benzene rings is 2. The minimum atomic E-state index is -0.525. The second kappa shape index (κ2) is 6.00. The monoisotopic (exact) mass is 311 g/mol. The Labute approximate surface area is 131 Å². The molecule has 0 spiro atoms. The fraction of sp³-hybridized carbons (Fsp3) is 0.118. The van der Waals surface area contributed by atoms with E-state index in [-0.39, 0.29) is 17.8 Å². The van der Waals surface area contributed by atoms with Crippen molar-refractivity contribution in [3.05, 3.63) is 70.4 Å². The van der Waals surface area contributed by atoms with Crippen LogP contribution in [0.1, 0.15) is 5.56 Å². The standard InChI is InChI=1S/C17H14FN3O2/c1-11-6-7-14(18)15(8-11)20-16(22)10-21-17(23)13-5-3-2-4-12(13)9-19-21/h2-9H,10H2,1H3,(H,20,22). The van der Waals surface area contributed by atoms with Gasteiger partial charge in [-0.15, -0.1) is 0 Å². The Morgan fingerprint density at radius 1 is 1.26 bits per heavy atom. The normalized spacial score (nSPS) is 10.7. The molecule has 0 saturated heterocycles. The zero-order valence-electron chi connectivity index (χ0n) is 12.4. The molecular weight excluding hydrogens is 297 g/mol. The Kier molecular flexibility index (Phi) is 3.89. The van der Waals surface area contributed by atoms with Gasteiger partial charge in [-0.2, -0.15) is 5.10 Å². The number of anilines is 1. The lowest BCUT2D eigenvalue weighted by Crippen LogP contribution is -2.29. The summed E-state index contributed by atoms with van der Waals surface area (Å²) in [7, 11) is 0. The number of hydrogen-bond donors (Lipinski definition) is 1. The predicted molar refractivity (Wildman–Crippen MR) is 85.8 cm³/mol. The lowest BCUT2D eigenvalue weighted by Gasteiger charge is -2.09. The van der Waals surface area contributed by atoms with Crippen LogP contribution in [-0.4, -0.2) is 15.7 Å². The SMILES string of the molecule is Cc1ccc(F)c(NC(=O)Cn2ncc3ccccc3c2=O)c1. The van der Waals surface area contributed by atoms with Gasteiger partial charge in [-0.1, -0.05) is 24.3 Å². The van der Waals surface area contributed by atoms with E-state index in [4.69, 9.17) is 0 Å². The van der Waals surface area contributed by atoms with Gasteiger partial charge in [-0.3, -0.25) is 9.59 Å². The van der Waals surface area contributed by atoms with Gasteiger partial charge in [0.1, 0.15) is 12.4 Å². The molecule has 3 aromatic rings. The molecule has 0 aliphatic carbocycles. The molecule has 116 valence electrons. The van der Waals surface area contributed by atoms with Crippen molar-refractivity contribution < 1.29 is 9.18 Å². The van der Waals surface area contributed by atoms with Crippen LogP contribution in [0.2, 0.25) is 0 Å². The van der Waals surface area contributed by atoms with E-state index >= 15 is 0 Å². The second-order valence-corrected chi connectivity index (χ2v) is 5.23. The quantitative estimate of drug-likeness (QED) is 0.808. The van der Waals surface area contributed by atoms with Gasteiger partial charge in [-0.25, -0.2) is 9.07 Å². The predicted octanol–water partition coefficient (Wildman–Crippen LogP) is 2.48. The summed E-state index contributed by atoms with van der Waals surface area (Å²) in [6.07, 6.45) is 1.53. The van der Waals surface area contributed by atoms with Crippen molar-refractivity contribution in [1.29, 1.82) is 0 Å². The molecule has 1 aromatic heterocycles. The van der Waals surface area contributed by atoms with Crippen molar-refractivity contribution >= 4 is 22.4 Å². The van der Waals surface area contributed by atoms with E-state index in [1.165, 1.54) is 18.3 Å². The highest BCUT2D eigenvalue weighted by Crippen LogP contribution is 2.15. The molecule has 1 N–H and O–H groups in total. The third-order valence-electron chi connectivity index (χ3n) is 3.45. The van der Waals surface area contributed by atoms with Crippen LogP contribution in [0, 0.1) is 12.7 Å². The maximum absolute atomic E-state index is 13.7. The molecule has 0 atom stereocenters.